The number of hydrogen-bond donors (Lipinski definition) is 0. The van der Waals surface area contributed by atoms with Crippen molar-refractivity contribution in [2.24, 2.45) is 0 Å². The van der Waals surface area contributed by atoms with Crippen molar-refractivity contribution in [3.8, 4) is 10.8 Å². The van der Waals surface area contributed by atoms with Crippen LogP contribution in [0.15, 0.2) is 51.1 Å². The smallest absolute Gasteiger partial charge is 0.270 e. The monoisotopic (exact) mass is 435 g/mol. The van der Waals surface area contributed by atoms with E-state index in [1.165, 1.54) is 33.8 Å². The summed E-state index contributed by atoms with van der Waals surface area (Å²) in [4.78, 5) is 13.2. The summed E-state index contributed by atoms with van der Waals surface area (Å²) in [7, 11) is -3.79. The lowest BCUT2D eigenvalue weighted by Crippen LogP contribution is -2.48. The van der Waals surface area contributed by atoms with Crippen molar-refractivity contribution in [3.63, 3.8) is 0 Å². The van der Waals surface area contributed by atoms with Crippen molar-refractivity contribution in [1.82, 2.24) is 19.4 Å². The minimum Gasteiger partial charge on any atom is -0.419 e. The molecule has 0 spiro atoms. The van der Waals surface area contributed by atoms with Gasteiger partial charge in [0, 0.05) is 38.3 Å². The van der Waals surface area contributed by atoms with Crippen LogP contribution < -0.4 is 0 Å². The average molecular weight is 435 g/mol. The number of hydrogen-bond acceptors (Lipinski definition) is 9. The molecule has 3 aromatic rings. The summed E-state index contributed by atoms with van der Waals surface area (Å²) in [5.74, 6) is 0.949. The molecule has 4 rings (SSSR count). The van der Waals surface area contributed by atoms with Gasteiger partial charge in [-0.25, -0.2) is 8.42 Å². The van der Waals surface area contributed by atoms with Crippen molar-refractivity contribution in [2.75, 3.05) is 26.2 Å². The molecule has 1 aliphatic heterocycles. The average Bonchev–Trinajstić information content (AvgIpc) is 3.40. The number of thiophene rings is 1. The molecule has 1 aromatic carbocycles. The molecular weight excluding hydrogens is 418 g/mol. The molecule has 0 N–H and O–H groups in total. The Morgan fingerprint density at radius 3 is 2.62 bits per heavy atom. The molecule has 3 heterocycles. The lowest BCUT2D eigenvalue weighted by molar-refractivity contribution is -0.385. The van der Waals surface area contributed by atoms with Crippen LogP contribution in [0.1, 0.15) is 5.89 Å². The highest BCUT2D eigenvalue weighted by Gasteiger charge is 2.30. The molecule has 0 amide bonds. The zero-order valence-electron chi connectivity index (χ0n) is 15.2. The minimum absolute atomic E-state index is 0.0716. The fourth-order valence-electron chi connectivity index (χ4n) is 3.04. The minimum atomic E-state index is -3.79. The van der Waals surface area contributed by atoms with Crippen molar-refractivity contribution in [2.45, 2.75) is 11.4 Å². The molecule has 0 unspecified atom stereocenters. The van der Waals surface area contributed by atoms with Gasteiger partial charge in [-0.3, -0.25) is 15.0 Å². The number of nitro groups is 1. The van der Waals surface area contributed by atoms with Gasteiger partial charge in [-0.05, 0) is 17.5 Å². The lowest BCUT2D eigenvalue weighted by atomic mass is 10.3. The van der Waals surface area contributed by atoms with Crippen LogP contribution in [0.4, 0.5) is 5.69 Å². The number of nitro benzene ring substituents is 1. The highest BCUT2D eigenvalue weighted by Crippen LogP contribution is 2.24. The second-order valence-electron chi connectivity index (χ2n) is 6.41. The summed E-state index contributed by atoms with van der Waals surface area (Å²) in [5.41, 5.74) is -0.248. The first-order chi connectivity index (χ1) is 13.9. The summed E-state index contributed by atoms with van der Waals surface area (Å²) in [5, 5.41) is 21.0. The third kappa shape index (κ3) is 4.19. The van der Waals surface area contributed by atoms with E-state index in [2.05, 4.69) is 10.2 Å². The summed E-state index contributed by atoms with van der Waals surface area (Å²) in [6, 6.07) is 8.92. The maximum absolute atomic E-state index is 12.8. The number of nitrogens with zero attached hydrogens (tertiary/aromatic N) is 5. The topological polar surface area (TPSA) is 123 Å². The fourth-order valence-corrected chi connectivity index (χ4v) is 5.15. The second-order valence-corrected chi connectivity index (χ2v) is 9.30. The molecule has 0 aliphatic carbocycles. The molecule has 10 nitrogen and oxygen atoms in total. The molecule has 0 saturated carbocycles. The molecule has 1 fully saturated rings. The molecule has 0 radical (unpaired) electrons. The molecule has 152 valence electrons. The van der Waals surface area contributed by atoms with E-state index in [0.29, 0.717) is 31.4 Å². The third-order valence-electron chi connectivity index (χ3n) is 4.56. The summed E-state index contributed by atoms with van der Waals surface area (Å²) >= 11 is 1.51. The number of aromatic nitrogens is 2. The Bertz CT molecular complexity index is 1100. The van der Waals surface area contributed by atoms with Crippen LogP contribution in [-0.4, -0.2) is 58.9 Å². The number of piperazine rings is 1. The Balaban J connectivity index is 1.39. The van der Waals surface area contributed by atoms with Crippen LogP contribution in [0.2, 0.25) is 0 Å². The molecule has 0 atom stereocenters. The molecule has 1 saturated heterocycles. The molecular formula is C17H17N5O5S2. The van der Waals surface area contributed by atoms with E-state index in [-0.39, 0.29) is 23.7 Å². The van der Waals surface area contributed by atoms with E-state index in [9.17, 15) is 18.5 Å². The largest absolute Gasteiger partial charge is 0.419 e. The van der Waals surface area contributed by atoms with E-state index in [0.717, 1.165) is 10.9 Å². The van der Waals surface area contributed by atoms with E-state index >= 15 is 0 Å². The van der Waals surface area contributed by atoms with Crippen LogP contribution in [0.5, 0.6) is 0 Å². The zero-order valence-corrected chi connectivity index (χ0v) is 16.8. The highest BCUT2D eigenvalue weighted by atomic mass is 32.2. The first-order valence-electron chi connectivity index (χ1n) is 8.77. The molecule has 29 heavy (non-hydrogen) atoms. The van der Waals surface area contributed by atoms with Crippen LogP contribution >= 0.6 is 11.3 Å². The van der Waals surface area contributed by atoms with Crippen molar-refractivity contribution < 1.29 is 17.8 Å². The maximum atomic E-state index is 12.8. The first kappa shape index (κ1) is 19.6. The highest BCUT2D eigenvalue weighted by molar-refractivity contribution is 7.89. The molecule has 1 aliphatic rings. The molecule has 0 bridgehead atoms. The van der Waals surface area contributed by atoms with Gasteiger partial charge < -0.3 is 4.42 Å². The van der Waals surface area contributed by atoms with Crippen LogP contribution in [0.3, 0.4) is 0 Å². The number of rotatable bonds is 6. The Hall–Kier alpha value is -2.67. The zero-order chi connectivity index (χ0) is 20.4. The van der Waals surface area contributed by atoms with Gasteiger partial charge in [0.15, 0.2) is 0 Å². The van der Waals surface area contributed by atoms with Gasteiger partial charge in [0.2, 0.25) is 15.9 Å². The van der Waals surface area contributed by atoms with Gasteiger partial charge in [0.25, 0.3) is 11.6 Å². The second kappa shape index (κ2) is 7.99. The first-order valence-corrected chi connectivity index (χ1v) is 11.1. The summed E-state index contributed by atoms with van der Waals surface area (Å²) in [6.45, 7) is 1.96. The number of non-ortho nitro benzene ring substituents is 1. The Kier molecular flexibility index (Phi) is 5.41. The number of benzene rings is 1. The Labute approximate surface area is 170 Å². The predicted molar refractivity (Wildman–Crippen MR) is 105 cm³/mol. The Morgan fingerprint density at radius 2 is 1.93 bits per heavy atom. The SMILES string of the molecule is O=[N+]([O-])c1cccc(S(=O)(=O)N2CCN(Cc3nnc(-c4cccs4)o3)CC2)c1. The van der Waals surface area contributed by atoms with Crippen molar-refractivity contribution in [3.05, 3.63) is 57.8 Å². The van der Waals surface area contributed by atoms with E-state index in [1.54, 1.807) is 0 Å². The van der Waals surface area contributed by atoms with Gasteiger partial charge in [-0.2, -0.15) is 4.31 Å². The fraction of sp³-hybridized carbons (Fsp3) is 0.294. The lowest BCUT2D eigenvalue weighted by Gasteiger charge is -2.33. The van der Waals surface area contributed by atoms with Crippen molar-refractivity contribution >= 4 is 27.0 Å². The maximum Gasteiger partial charge on any atom is 0.270 e. The predicted octanol–water partition coefficient (Wildman–Crippen LogP) is 2.21. The standard InChI is InChI=1S/C17H17N5O5S2/c23-22(24)13-3-1-4-14(11-13)29(25,26)21-8-6-20(7-9-21)12-16-18-19-17(27-16)15-5-2-10-28-15/h1-5,10-11H,6-9,12H2. The van der Waals surface area contributed by atoms with Gasteiger partial charge in [-0.15, -0.1) is 21.5 Å². The normalized spacial score (nSPS) is 16.1. The van der Waals surface area contributed by atoms with Crippen LogP contribution in [0.25, 0.3) is 10.8 Å². The van der Waals surface area contributed by atoms with Gasteiger partial charge >= 0.3 is 0 Å². The Morgan fingerprint density at radius 1 is 1.14 bits per heavy atom. The quantitative estimate of drug-likeness (QED) is 0.427. The molecule has 2 aromatic heterocycles. The summed E-state index contributed by atoms with van der Waals surface area (Å²) < 4.78 is 32.6. The van der Waals surface area contributed by atoms with Crippen molar-refractivity contribution in [1.29, 1.82) is 0 Å². The van der Waals surface area contributed by atoms with Crippen LogP contribution in [0, 0.1) is 10.1 Å². The van der Waals surface area contributed by atoms with E-state index in [1.807, 2.05) is 22.4 Å². The van der Waals surface area contributed by atoms with Gasteiger partial charge in [0.05, 0.1) is 21.2 Å². The summed E-state index contributed by atoms with van der Waals surface area (Å²) in [6.07, 6.45) is 0. The van der Waals surface area contributed by atoms with Gasteiger partial charge in [0.1, 0.15) is 0 Å². The van der Waals surface area contributed by atoms with E-state index < -0.39 is 14.9 Å². The van der Waals surface area contributed by atoms with Crippen LogP contribution in [-0.2, 0) is 16.6 Å². The number of sulfonamides is 1. The van der Waals surface area contributed by atoms with Gasteiger partial charge in [-0.1, -0.05) is 12.1 Å². The third-order valence-corrected chi connectivity index (χ3v) is 7.31. The van der Waals surface area contributed by atoms with E-state index in [4.69, 9.17) is 4.42 Å². The molecule has 12 heteroatoms.